The SMILES string of the molecule is CCOCCC(=O)c1ccc(OC)c(F)c1. The van der Waals surface area contributed by atoms with Crippen molar-refractivity contribution in [2.24, 2.45) is 0 Å². The Morgan fingerprint density at radius 2 is 2.19 bits per heavy atom. The van der Waals surface area contributed by atoms with Crippen molar-refractivity contribution in [1.82, 2.24) is 0 Å². The van der Waals surface area contributed by atoms with E-state index >= 15 is 0 Å². The van der Waals surface area contributed by atoms with Gasteiger partial charge in [0.2, 0.25) is 0 Å². The Hall–Kier alpha value is -1.42. The van der Waals surface area contributed by atoms with Gasteiger partial charge in [-0.05, 0) is 25.1 Å². The highest BCUT2D eigenvalue weighted by Crippen LogP contribution is 2.18. The number of ketones is 1. The molecule has 0 saturated heterocycles. The van der Waals surface area contributed by atoms with Crippen LogP contribution in [0, 0.1) is 5.82 Å². The standard InChI is InChI=1S/C12H15FO3/c1-3-16-7-6-11(14)9-4-5-12(15-2)10(13)8-9/h4-5,8H,3,6-7H2,1-2H3. The van der Waals surface area contributed by atoms with Crippen molar-refractivity contribution < 1.29 is 18.7 Å². The van der Waals surface area contributed by atoms with Crippen LogP contribution in [0.15, 0.2) is 18.2 Å². The highest BCUT2D eigenvalue weighted by atomic mass is 19.1. The van der Waals surface area contributed by atoms with Crippen LogP contribution in [0.3, 0.4) is 0 Å². The van der Waals surface area contributed by atoms with Gasteiger partial charge >= 0.3 is 0 Å². The highest BCUT2D eigenvalue weighted by molar-refractivity contribution is 5.96. The zero-order chi connectivity index (χ0) is 12.0. The van der Waals surface area contributed by atoms with Crippen molar-refractivity contribution >= 4 is 5.78 Å². The number of carbonyl (C=O) groups is 1. The molecule has 0 bridgehead atoms. The van der Waals surface area contributed by atoms with Crippen LogP contribution in [0.4, 0.5) is 4.39 Å². The van der Waals surface area contributed by atoms with E-state index in [1.807, 2.05) is 6.92 Å². The molecule has 0 fully saturated rings. The fraction of sp³-hybridized carbons (Fsp3) is 0.417. The molecule has 0 spiro atoms. The van der Waals surface area contributed by atoms with Gasteiger partial charge in [-0.1, -0.05) is 0 Å². The first-order valence-electron chi connectivity index (χ1n) is 5.13. The fourth-order valence-corrected chi connectivity index (χ4v) is 1.29. The van der Waals surface area contributed by atoms with E-state index in [1.54, 1.807) is 6.07 Å². The molecule has 0 unspecified atom stereocenters. The number of hydrogen-bond acceptors (Lipinski definition) is 3. The number of Topliss-reactive ketones (excluding diaryl/α,β-unsaturated/α-hetero) is 1. The average molecular weight is 226 g/mol. The van der Waals surface area contributed by atoms with E-state index in [9.17, 15) is 9.18 Å². The lowest BCUT2D eigenvalue weighted by molar-refractivity contribution is 0.0895. The van der Waals surface area contributed by atoms with Gasteiger partial charge < -0.3 is 9.47 Å². The Morgan fingerprint density at radius 3 is 2.75 bits per heavy atom. The number of rotatable bonds is 6. The van der Waals surface area contributed by atoms with Crippen molar-refractivity contribution in [2.75, 3.05) is 20.3 Å². The first-order valence-corrected chi connectivity index (χ1v) is 5.13. The predicted octanol–water partition coefficient (Wildman–Crippen LogP) is 2.44. The summed E-state index contributed by atoms with van der Waals surface area (Å²) in [5.41, 5.74) is 0.345. The van der Waals surface area contributed by atoms with E-state index in [1.165, 1.54) is 19.2 Å². The summed E-state index contributed by atoms with van der Waals surface area (Å²) in [6.45, 7) is 2.80. The van der Waals surface area contributed by atoms with Gasteiger partial charge in [0.15, 0.2) is 17.3 Å². The minimum Gasteiger partial charge on any atom is -0.494 e. The van der Waals surface area contributed by atoms with Crippen molar-refractivity contribution in [2.45, 2.75) is 13.3 Å². The normalized spacial score (nSPS) is 10.2. The first-order chi connectivity index (χ1) is 7.69. The Bertz CT molecular complexity index is 363. The van der Waals surface area contributed by atoms with Crippen LogP contribution in [0.25, 0.3) is 0 Å². The summed E-state index contributed by atoms with van der Waals surface area (Å²) in [6, 6.07) is 4.19. The molecule has 16 heavy (non-hydrogen) atoms. The quantitative estimate of drug-likeness (QED) is 0.552. The number of hydrogen-bond donors (Lipinski definition) is 0. The second-order valence-electron chi connectivity index (χ2n) is 3.22. The minimum atomic E-state index is -0.523. The van der Waals surface area contributed by atoms with Gasteiger partial charge in [-0.3, -0.25) is 4.79 Å². The third-order valence-electron chi connectivity index (χ3n) is 2.15. The number of methoxy groups -OCH3 is 1. The Balaban J connectivity index is 2.66. The third kappa shape index (κ3) is 3.31. The zero-order valence-electron chi connectivity index (χ0n) is 9.46. The predicted molar refractivity (Wildman–Crippen MR) is 58.4 cm³/mol. The molecule has 1 aromatic carbocycles. The van der Waals surface area contributed by atoms with Crippen molar-refractivity contribution in [3.05, 3.63) is 29.6 Å². The van der Waals surface area contributed by atoms with Gasteiger partial charge in [-0.25, -0.2) is 4.39 Å². The molecule has 0 amide bonds. The monoisotopic (exact) mass is 226 g/mol. The van der Waals surface area contributed by atoms with Crippen molar-refractivity contribution in [3.63, 3.8) is 0 Å². The summed E-state index contributed by atoms with van der Waals surface area (Å²) in [7, 11) is 1.38. The lowest BCUT2D eigenvalue weighted by atomic mass is 10.1. The van der Waals surface area contributed by atoms with Crippen LogP contribution in [-0.2, 0) is 4.74 Å². The molecule has 0 aromatic heterocycles. The molecule has 3 nitrogen and oxygen atoms in total. The van der Waals surface area contributed by atoms with E-state index < -0.39 is 5.82 Å². The largest absolute Gasteiger partial charge is 0.494 e. The van der Waals surface area contributed by atoms with Crippen LogP contribution in [0.2, 0.25) is 0 Å². The topological polar surface area (TPSA) is 35.5 Å². The van der Waals surface area contributed by atoms with E-state index in [4.69, 9.17) is 9.47 Å². The molecular weight excluding hydrogens is 211 g/mol. The molecule has 1 rings (SSSR count). The molecule has 0 saturated carbocycles. The van der Waals surface area contributed by atoms with Crippen LogP contribution in [0.5, 0.6) is 5.75 Å². The smallest absolute Gasteiger partial charge is 0.165 e. The molecule has 4 heteroatoms. The number of ether oxygens (including phenoxy) is 2. The van der Waals surface area contributed by atoms with Gasteiger partial charge in [0.05, 0.1) is 13.7 Å². The molecule has 0 aliphatic carbocycles. The summed E-state index contributed by atoms with van der Waals surface area (Å²) < 4.78 is 23.1. The Labute approximate surface area is 94.2 Å². The Kier molecular flexibility index (Phi) is 4.92. The van der Waals surface area contributed by atoms with Crippen molar-refractivity contribution in [1.29, 1.82) is 0 Å². The van der Waals surface area contributed by atoms with Gasteiger partial charge in [0, 0.05) is 18.6 Å². The Morgan fingerprint density at radius 1 is 1.44 bits per heavy atom. The lowest BCUT2D eigenvalue weighted by Gasteiger charge is -2.04. The fourth-order valence-electron chi connectivity index (χ4n) is 1.29. The second-order valence-corrected chi connectivity index (χ2v) is 3.22. The lowest BCUT2D eigenvalue weighted by Crippen LogP contribution is -2.05. The van der Waals surface area contributed by atoms with E-state index in [2.05, 4.69) is 0 Å². The van der Waals surface area contributed by atoms with Crippen molar-refractivity contribution in [3.8, 4) is 5.75 Å². The number of benzene rings is 1. The molecule has 0 heterocycles. The van der Waals surface area contributed by atoms with Gasteiger partial charge in [0.1, 0.15) is 0 Å². The molecule has 88 valence electrons. The molecule has 0 atom stereocenters. The first kappa shape index (κ1) is 12.6. The molecule has 0 aliphatic rings. The number of halogens is 1. The van der Waals surface area contributed by atoms with E-state index in [0.29, 0.717) is 18.8 Å². The van der Waals surface area contributed by atoms with Crippen LogP contribution < -0.4 is 4.74 Å². The van der Waals surface area contributed by atoms with Crippen LogP contribution in [-0.4, -0.2) is 26.1 Å². The molecule has 0 radical (unpaired) electrons. The van der Waals surface area contributed by atoms with Gasteiger partial charge in [0.25, 0.3) is 0 Å². The summed E-state index contributed by atoms with van der Waals surface area (Å²) >= 11 is 0. The van der Waals surface area contributed by atoms with E-state index in [0.717, 1.165) is 0 Å². The molecule has 0 N–H and O–H groups in total. The summed E-state index contributed by atoms with van der Waals surface area (Å²) in [5, 5.41) is 0. The zero-order valence-corrected chi connectivity index (χ0v) is 9.46. The number of carbonyl (C=O) groups excluding carboxylic acids is 1. The maximum absolute atomic E-state index is 13.3. The van der Waals surface area contributed by atoms with E-state index in [-0.39, 0.29) is 18.0 Å². The average Bonchev–Trinajstić information content (AvgIpc) is 2.29. The third-order valence-corrected chi connectivity index (χ3v) is 2.15. The van der Waals surface area contributed by atoms with Crippen LogP contribution >= 0.6 is 0 Å². The summed E-state index contributed by atoms with van der Waals surface area (Å²) in [5.74, 6) is -0.513. The molecule has 0 aliphatic heterocycles. The van der Waals surface area contributed by atoms with Crippen LogP contribution in [0.1, 0.15) is 23.7 Å². The van der Waals surface area contributed by atoms with Gasteiger partial charge in [-0.2, -0.15) is 0 Å². The summed E-state index contributed by atoms with van der Waals surface area (Å²) in [6.07, 6.45) is 0.264. The maximum Gasteiger partial charge on any atom is 0.165 e. The molecule has 1 aromatic rings. The van der Waals surface area contributed by atoms with Gasteiger partial charge in [-0.15, -0.1) is 0 Å². The highest BCUT2D eigenvalue weighted by Gasteiger charge is 2.09. The summed E-state index contributed by atoms with van der Waals surface area (Å²) in [4.78, 5) is 11.6. The second kappa shape index (κ2) is 6.23. The minimum absolute atomic E-state index is 0.130. The molecular formula is C12H15FO3. The maximum atomic E-state index is 13.3.